The Morgan fingerprint density at radius 3 is 1.33 bits per heavy atom. The van der Waals surface area contributed by atoms with Crippen LogP contribution >= 0.6 is 0 Å². The van der Waals surface area contributed by atoms with Crippen molar-refractivity contribution in [3.05, 3.63) is 6.65 Å². The summed E-state index contributed by atoms with van der Waals surface area (Å²) in [6, 6.07) is 0. The zero-order valence-corrected chi connectivity index (χ0v) is 8.05. The van der Waals surface area contributed by atoms with Crippen molar-refractivity contribution in [1.29, 1.82) is 0 Å². The maximum atomic E-state index is 7.50. The Morgan fingerprint density at radius 1 is 0.917 bits per heavy atom. The molecule has 1 fully saturated rings. The minimum absolute atomic E-state index is 1.22. The van der Waals surface area contributed by atoms with Crippen molar-refractivity contribution in [3.63, 3.8) is 0 Å². The summed E-state index contributed by atoms with van der Waals surface area (Å²) in [4.78, 5) is 5.01. The van der Waals surface area contributed by atoms with Gasteiger partial charge in [0.05, 0.1) is 0 Å². The Hall–Kier alpha value is -0.340. The minimum atomic E-state index is 1.22. The van der Waals surface area contributed by atoms with E-state index in [0.29, 0.717) is 0 Å². The number of piperazine rings is 1. The molecule has 0 unspecified atom stereocenters. The van der Waals surface area contributed by atoms with Crippen molar-refractivity contribution in [3.8, 4) is 0 Å². The van der Waals surface area contributed by atoms with E-state index in [9.17, 15) is 0 Å². The molecule has 12 heavy (non-hydrogen) atoms. The van der Waals surface area contributed by atoms with Crippen LogP contribution in [0.5, 0.6) is 0 Å². The molecule has 0 aliphatic carbocycles. The van der Waals surface area contributed by atoms with Crippen LogP contribution in [0.4, 0.5) is 0 Å². The summed E-state index contributed by atoms with van der Waals surface area (Å²) in [5.74, 6) is 0. The molecule has 0 N–H and O–H groups in total. The fourth-order valence-electron chi connectivity index (χ4n) is 1.42. The van der Waals surface area contributed by atoms with E-state index in [4.69, 9.17) is 4.65 Å². The summed E-state index contributed by atoms with van der Waals surface area (Å²) in [6.07, 6.45) is 0. The fraction of sp³-hybridized carbons (Fsp3) is 0.889. The molecular weight excluding hydrogens is 152 g/mol. The van der Waals surface area contributed by atoms with Crippen molar-refractivity contribution in [2.75, 3.05) is 39.3 Å². The fourth-order valence-corrected chi connectivity index (χ4v) is 1.42. The van der Waals surface area contributed by atoms with Gasteiger partial charge in [0.2, 0.25) is 0 Å². The number of likely N-dealkylation sites (N-methyl/N-ethyl adjacent to an activating group) is 2. The quantitative estimate of drug-likeness (QED) is 0.448. The predicted octanol–water partition coefficient (Wildman–Crippen LogP) is 0.606. The van der Waals surface area contributed by atoms with Gasteiger partial charge in [0.1, 0.15) is 0 Å². The third-order valence-corrected chi connectivity index (χ3v) is 2.36. The number of hydrogen-bond acceptors (Lipinski definition) is 2. The summed E-state index contributed by atoms with van der Waals surface area (Å²) in [7, 11) is 0. The summed E-state index contributed by atoms with van der Waals surface area (Å²) in [5, 5.41) is 0. The molecule has 0 spiro atoms. The summed E-state index contributed by atoms with van der Waals surface area (Å²) in [6.45, 7) is 16.5. The van der Waals surface area contributed by atoms with Crippen molar-refractivity contribution in [2.45, 2.75) is 13.8 Å². The van der Waals surface area contributed by atoms with Gasteiger partial charge in [-0.1, -0.05) is 13.8 Å². The maximum absolute atomic E-state index is 7.50. The molecular formula is C9H18N2O. The van der Waals surface area contributed by atoms with Gasteiger partial charge in [0, 0.05) is 26.2 Å². The van der Waals surface area contributed by atoms with Crippen molar-refractivity contribution in [2.24, 2.45) is 0 Å². The third kappa shape index (κ3) is 3.88. The van der Waals surface area contributed by atoms with Gasteiger partial charge in [0.15, 0.2) is 0 Å². The molecule has 0 atom stereocenters. The first-order valence-electron chi connectivity index (χ1n) is 4.52. The first kappa shape index (κ1) is 11.7. The second-order valence-electron chi connectivity index (χ2n) is 2.87. The summed E-state index contributed by atoms with van der Waals surface area (Å²) in [5.41, 5.74) is 0. The van der Waals surface area contributed by atoms with Crippen LogP contribution in [0.25, 0.3) is 0 Å². The summed E-state index contributed by atoms with van der Waals surface area (Å²) < 4.78 is 7.50. The van der Waals surface area contributed by atoms with E-state index in [1.54, 1.807) is 0 Å². The van der Waals surface area contributed by atoms with E-state index in [1.807, 2.05) is 0 Å². The van der Waals surface area contributed by atoms with Gasteiger partial charge >= 0.3 is 11.3 Å². The molecule has 0 saturated carbocycles. The standard InChI is InChI=1S/C8H18N2.CO/c1-3-9-5-7-10(4-2)8-6-9;1-2/h3-8H2,1-2H3;. The molecule has 3 heteroatoms. The Morgan fingerprint density at radius 2 is 1.17 bits per heavy atom. The predicted molar refractivity (Wildman–Crippen MR) is 48.2 cm³/mol. The van der Waals surface area contributed by atoms with Crippen LogP contribution in [0, 0.1) is 6.65 Å². The zero-order valence-electron chi connectivity index (χ0n) is 8.05. The van der Waals surface area contributed by atoms with Crippen LogP contribution < -0.4 is 0 Å². The van der Waals surface area contributed by atoms with Gasteiger partial charge in [-0.15, -0.1) is 0 Å². The zero-order chi connectivity index (χ0) is 9.40. The molecule has 0 aromatic rings. The van der Waals surface area contributed by atoms with E-state index < -0.39 is 0 Å². The van der Waals surface area contributed by atoms with Crippen LogP contribution in [-0.4, -0.2) is 49.1 Å². The molecule has 1 rings (SSSR count). The number of hydrogen-bond donors (Lipinski definition) is 0. The normalized spacial score (nSPS) is 19.7. The average molecular weight is 170 g/mol. The SMILES string of the molecule is CCN1CCN(CC)CC1.[C-]#[O+]. The van der Waals surface area contributed by atoms with E-state index >= 15 is 0 Å². The Kier molecular flexibility index (Phi) is 7.11. The molecule has 1 heterocycles. The number of nitrogens with zero attached hydrogens (tertiary/aromatic N) is 2. The van der Waals surface area contributed by atoms with Crippen LogP contribution in [-0.2, 0) is 4.65 Å². The molecule has 0 amide bonds. The number of rotatable bonds is 2. The molecule has 0 bridgehead atoms. The van der Waals surface area contributed by atoms with Gasteiger partial charge in [0.25, 0.3) is 0 Å². The molecule has 70 valence electrons. The second kappa shape index (κ2) is 7.32. The Labute approximate surface area is 75.1 Å². The van der Waals surface area contributed by atoms with E-state index in [-0.39, 0.29) is 0 Å². The van der Waals surface area contributed by atoms with E-state index in [1.165, 1.54) is 39.3 Å². The van der Waals surface area contributed by atoms with E-state index in [2.05, 4.69) is 30.3 Å². The molecule has 0 aromatic heterocycles. The monoisotopic (exact) mass is 170 g/mol. The van der Waals surface area contributed by atoms with Gasteiger partial charge in [-0.05, 0) is 13.1 Å². The topological polar surface area (TPSA) is 26.4 Å². The van der Waals surface area contributed by atoms with Crippen molar-refractivity contribution < 1.29 is 4.65 Å². The Bertz CT molecular complexity index is 105. The van der Waals surface area contributed by atoms with Crippen LogP contribution in [0.2, 0.25) is 0 Å². The third-order valence-electron chi connectivity index (χ3n) is 2.36. The van der Waals surface area contributed by atoms with Crippen LogP contribution in [0.1, 0.15) is 13.8 Å². The van der Waals surface area contributed by atoms with Crippen LogP contribution in [0.3, 0.4) is 0 Å². The van der Waals surface area contributed by atoms with Crippen molar-refractivity contribution >= 4 is 0 Å². The van der Waals surface area contributed by atoms with Gasteiger partial charge in [-0.2, -0.15) is 0 Å². The summed E-state index contributed by atoms with van der Waals surface area (Å²) >= 11 is 0. The molecule has 3 nitrogen and oxygen atoms in total. The van der Waals surface area contributed by atoms with Gasteiger partial charge < -0.3 is 9.80 Å². The molecule has 1 aliphatic rings. The van der Waals surface area contributed by atoms with Crippen molar-refractivity contribution in [1.82, 2.24) is 9.80 Å². The first-order valence-corrected chi connectivity index (χ1v) is 4.52. The molecule has 0 aromatic carbocycles. The first-order chi connectivity index (χ1) is 5.86. The van der Waals surface area contributed by atoms with E-state index in [0.717, 1.165) is 0 Å². The average Bonchev–Trinajstić information content (AvgIpc) is 2.21. The second-order valence-corrected chi connectivity index (χ2v) is 2.87. The molecule has 1 aliphatic heterocycles. The molecule has 0 radical (unpaired) electrons. The van der Waals surface area contributed by atoms with Crippen LogP contribution in [0.15, 0.2) is 0 Å². The molecule has 1 saturated heterocycles. The van der Waals surface area contributed by atoms with Gasteiger partial charge in [-0.25, -0.2) is 0 Å². The van der Waals surface area contributed by atoms with Gasteiger partial charge in [-0.3, -0.25) is 0 Å². The Balaban J connectivity index is 0.000000561.